The first-order chi connectivity index (χ1) is 24.2. The number of hydrogen-bond acceptors (Lipinski definition) is 12. The maximum atomic E-state index is 10.2. The Hall–Kier alpha value is -6.99. The molecule has 5 aromatic carbocycles. The van der Waals surface area contributed by atoms with E-state index in [4.69, 9.17) is 25.2 Å². The van der Waals surface area contributed by atoms with Crippen LogP contribution in [-0.2, 0) is 11.2 Å². The van der Waals surface area contributed by atoms with Crippen LogP contribution in [0.25, 0.3) is 18.2 Å². The van der Waals surface area contributed by atoms with Crippen molar-refractivity contribution in [3.05, 3.63) is 125 Å². The van der Waals surface area contributed by atoms with Gasteiger partial charge in [0.2, 0.25) is 0 Å². The maximum Gasteiger partial charge on any atom is 0.328 e. The lowest BCUT2D eigenvalue weighted by molar-refractivity contribution is -0.131. The zero-order valence-electron chi connectivity index (χ0n) is 26.6. The van der Waals surface area contributed by atoms with Crippen LogP contribution in [0.3, 0.4) is 0 Å². The largest absolute Gasteiger partial charge is 0.508 e. The average Bonchev–Trinajstić information content (AvgIpc) is 3.07. The summed E-state index contributed by atoms with van der Waals surface area (Å²) in [5, 5.41) is 102. The molecule has 0 aliphatic carbocycles. The highest BCUT2D eigenvalue weighted by Crippen LogP contribution is 2.42. The molecule has 0 aromatic heterocycles. The molecule has 264 valence electrons. The Kier molecular flexibility index (Phi) is 11.9. The van der Waals surface area contributed by atoms with Gasteiger partial charge in [0, 0.05) is 36.3 Å². The van der Waals surface area contributed by atoms with Gasteiger partial charge in [-0.3, -0.25) is 0 Å². The van der Waals surface area contributed by atoms with Crippen molar-refractivity contribution in [2.45, 2.75) is 18.6 Å². The summed E-state index contributed by atoms with van der Waals surface area (Å²) in [6.07, 6.45) is 4.31. The lowest BCUT2D eigenvalue weighted by Gasteiger charge is -2.31. The molecule has 0 radical (unpaired) electrons. The smallest absolute Gasteiger partial charge is 0.328 e. The Morgan fingerprint density at radius 3 is 1.73 bits per heavy atom. The Labute approximate surface area is 290 Å². The van der Waals surface area contributed by atoms with Crippen molar-refractivity contribution < 1.29 is 65.7 Å². The van der Waals surface area contributed by atoms with Gasteiger partial charge in [0.05, 0.1) is 6.10 Å². The van der Waals surface area contributed by atoms with E-state index in [9.17, 15) is 40.5 Å². The summed E-state index contributed by atoms with van der Waals surface area (Å²) in [6.45, 7) is 0. The molecule has 5 aromatic rings. The zero-order chi connectivity index (χ0) is 37.2. The van der Waals surface area contributed by atoms with Crippen LogP contribution in [0.4, 0.5) is 0 Å². The molecule has 6 rings (SSSR count). The number of aliphatic carboxylic acids is 1. The number of aromatic hydroxyl groups is 9. The first kappa shape index (κ1) is 36.8. The van der Waals surface area contributed by atoms with Crippen LogP contribution >= 0.6 is 0 Å². The molecule has 0 unspecified atom stereocenters. The number of hydrogen-bond donors (Lipinski definition) is 11. The van der Waals surface area contributed by atoms with Crippen molar-refractivity contribution in [1.29, 1.82) is 0 Å². The van der Waals surface area contributed by atoms with E-state index in [0.29, 0.717) is 22.3 Å². The SMILES string of the molecule is O=C(O)/C=C/c1ccc(O)c(O)c1.Oc1cc(O)c2c(c1)O[C@H](c1ccc(O)c(O)c1)[C@@H](O)C2.Oc1ccc(/C=C/c2cc(O)cc(O)c2)cc1. The summed E-state index contributed by atoms with van der Waals surface area (Å²) in [7, 11) is 0. The maximum absolute atomic E-state index is 10.2. The first-order valence-electron chi connectivity index (χ1n) is 15.0. The summed E-state index contributed by atoms with van der Waals surface area (Å²) in [4.78, 5) is 10.1. The summed E-state index contributed by atoms with van der Waals surface area (Å²) in [5.41, 5.74) is 3.03. The van der Waals surface area contributed by atoms with Gasteiger partial charge in [-0.05, 0) is 76.9 Å². The van der Waals surface area contributed by atoms with Crippen molar-refractivity contribution >= 4 is 24.2 Å². The van der Waals surface area contributed by atoms with Gasteiger partial charge in [0.15, 0.2) is 23.0 Å². The van der Waals surface area contributed by atoms with E-state index >= 15 is 0 Å². The van der Waals surface area contributed by atoms with E-state index in [1.807, 2.05) is 6.08 Å². The Bertz CT molecular complexity index is 2030. The quantitative estimate of drug-likeness (QED) is 0.0598. The summed E-state index contributed by atoms with van der Waals surface area (Å²) < 4.78 is 5.62. The van der Waals surface area contributed by atoms with E-state index < -0.39 is 18.2 Å². The van der Waals surface area contributed by atoms with E-state index in [1.54, 1.807) is 42.5 Å². The lowest BCUT2D eigenvalue weighted by atomic mass is 9.94. The zero-order valence-corrected chi connectivity index (χ0v) is 26.6. The third-order valence-electron chi connectivity index (χ3n) is 7.22. The van der Waals surface area contributed by atoms with Crippen LogP contribution in [0, 0.1) is 0 Å². The third-order valence-corrected chi connectivity index (χ3v) is 7.22. The van der Waals surface area contributed by atoms with Crippen LogP contribution in [-0.4, -0.2) is 68.2 Å². The van der Waals surface area contributed by atoms with Gasteiger partial charge in [0.1, 0.15) is 40.6 Å². The van der Waals surface area contributed by atoms with E-state index in [1.165, 1.54) is 60.7 Å². The number of carbonyl (C=O) groups is 1. The van der Waals surface area contributed by atoms with Gasteiger partial charge in [-0.15, -0.1) is 0 Å². The van der Waals surface area contributed by atoms with Gasteiger partial charge >= 0.3 is 5.97 Å². The van der Waals surface area contributed by atoms with Crippen LogP contribution in [0.5, 0.6) is 57.5 Å². The summed E-state index contributed by atoms with van der Waals surface area (Å²) >= 11 is 0. The van der Waals surface area contributed by atoms with Crippen molar-refractivity contribution in [2.75, 3.05) is 0 Å². The van der Waals surface area contributed by atoms with Crippen molar-refractivity contribution in [1.82, 2.24) is 0 Å². The molecule has 2 atom stereocenters. The number of rotatable bonds is 5. The number of phenols is 9. The Morgan fingerprint density at radius 2 is 1.12 bits per heavy atom. The van der Waals surface area contributed by atoms with Crippen molar-refractivity contribution in [3.63, 3.8) is 0 Å². The van der Waals surface area contributed by atoms with Gasteiger partial charge in [0.25, 0.3) is 0 Å². The van der Waals surface area contributed by atoms with E-state index in [0.717, 1.165) is 11.6 Å². The number of benzene rings is 5. The Morgan fingerprint density at radius 1 is 0.549 bits per heavy atom. The van der Waals surface area contributed by atoms with Gasteiger partial charge in [-0.25, -0.2) is 4.79 Å². The predicted octanol–water partition coefficient (Wildman–Crippen LogP) is 5.72. The number of phenolic OH excluding ortho intramolecular Hbond substituents is 9. The normalized spacial score (nSPS) is 14.8. The van der Waals surface area contributed by atoms with Crippen LogP contribution in [0.15, 0.2) is 97.1 Å². The molecule has 0 bridgehead atoms. The second-order valence-electron chi connectivity index (χ2n) is 11.1. The fourth-order valence-electron chi connectivity index (χ4n) is 4.77. The van der Waals surface area contributed by atoms with Crippen molar-refractivity contribution in [3.8, 4) is 57.5 Å². The van der Waals surface area contributed by atoms with Gasteiger partial charge in [-0.2, -0.15) is 0 Å². The Balaban J connectivity index is 0.000000177. The molecule has 0 fully saturated rings. The molecule has 0 spiro atoms. The molecule has 0 saturated carbocycles. The summed E-state index contributed by atoms with van der Waals surface area (Å²) in [5.74, 6) is -1.88. The minimum atomic E-state index is -1.06. The van der Waals surface area contributed by atoms with Crippen molar-refractivity contribution in [2.24, 2.45) is 0 Å². The molecular formula is C38H34O13. The monoisotopic (exact) mass is 698 g/mol. The molecule has 1 aliphatic rings. The number of aliphatic hydroxyl groups excluding tert-OH is 1. The van der Waals surface area contributed by atoms with Crippen LogP contribution in [0.1, 0.15) is 33.9 Å². The number of ether oxygens (including phenoxy) is 1. The highest BCUT2D eigenvalue weighted by Gasteiger charge is 2.32. The number of carboxylic acids is 1. The first-order valence-corrected chi connectivity index (χ1v) is 15.0. The average molecular weight is 699 g/mol. The molecule has 1 heterocycles. The molecule has 11 N–H and O–H groups in total. The molecule has 13 nitrogen and oxygen atoms in total. The van der Waals surface area contributed by atoms with Gasteiger partial charge in [-0.1, -0.05) is 36.4 Å². The summed E-state index contributed by atoms with van der Waals surface area (Å²) in [6, 6.07) is 21.8. The van der Waals surface area contributed by atoms with Crippen LogP contribution in [0.2, 0.25) is 0 Å². The highest BCUT2D eigenvalue weighted by atomic mass is 16.5. The lowest BCUT2D eigenvalue weighted by Crippen LogP contribution is -2.30. The molecule has 13 heteroatoms. The molecule has 0 amide bonds. The molecule has 1 aliphatic heterocycles. The molecular weight excluding hydrogens is 664 g/mol. The van der Waals surface area contributed by atoms with E-state index in [2.05, 4.69) is 0 Å². The highest BCUT2D eigenvalue weighted by molar-refractivity contribution is 5.85. The second kappa shape index (κ2) is 16.4. The fraction of sp³-hybridized carbons (Fsp3) is 0.0789. The standard InChI is InChI=1S/C15H14O6.C14H12O3.C9H8O4/c16-8-4-11(18)9-6-13(20)15(21-14(9)5-8)7-1-2-10(17)12(19)3-7;15-12-5-3-10(4-6-12)1-2-11-7-13(16)9-14(17)8-11;10-7-3-1-6(5-8(7)11)2-4-9(12)13/h1-5,13,15-20H,6H2;1-9,15-17H;1-5,10-11H,(H,12,13)/b;2-1+;4-2+/t13-,15+;;/m0../s1. The second-order valence-corrected chi connectivity index (χ2v) is 11.1. The number of aliphatic hydroxyl groups is 1. The molecule has 51 heavy (non-hydrogen) atoms. The minimum absolute atomic E-state index is 0.0235. The van der Waals surface area contributed by atoms with E-state index in [-0.39, 0.29) is 63.9 Å². The third kappa shape index (κ3) is 10.5. The number of carboxylic acid groups (broad SMARTS) is 1. The molecule has 0 saturated heterocycles. The van der Waals surface area contributed by atoms with Crippen LogP contribution < -0.4 is 4.74 Å². The van der Waals surface area contributed by atoms with Gasteiger partial charge < -0.3 is 60.9 Å². The number of fused-ring (bicyclic) bond motifs is 1. The minimum Gasteiger partial charge on any atom is -0.508 e. The topological polar surface area (TPSA) is 249 Å². The predicted molar refractivity (Wildman–Crippen MR) is 186 cm³/mol. The fourth-order valence-corrected chi connectivity index (χ4v) is 4.77.